The Morgan fingerprint density at radius 3 is 2.56 bits per heavy atom. The van der Waals surface area contributed by atoms with Gasteiger partial charge in [0.15, 0.2) is 0 Å². The van der Waals surface area contributed by atoms with E-state index in [4.69, 9.17) is 5.73 Å². The van der Waals surface area contributed by atoms with Crippen molar-refractivity contribution in [1.29, 1.82) is 0 Å². The molecule has 0 saturated carbocycles. The molecule has 1 aromatic heterocycles. The topological polar surface area (TPSA) is 72.2 Å². The van der Waals surface area contributed by atoms with Crippen molar-refractivity contribution in [3.05, 3.63) is 16.3 Å². The summed E-state index contributed by atoms with van der Waals surface area (Å²) in [5.74, 6) is 0. The zero-order valence-electron chi connectivity index (χ0n) is 9.33. The Balaban J connectivity index is 2.50. The number of rotatable bonds is 6. The SMILES string of the molecule is NCc1cc(S(=O)(=O)NCCCC(F)(F)F)cs1. The van der Waals surface area contributed by atoms with Crippen LogP contribution in [0.5, 0.6) is 0 Å². The molecule has 1 rings (SSSR count). The standard InChI is InChI=1S/C9H13F3N2O2S2/c10-9(11,12)2-1-3-14-18(15,16)8-4-7(5-13)17-6-8/h4,6,14H,1-3,5,13H2. The Morgan fingerprint density at radius 1 is 1.39 bits per heavy atom. The number of sulfonamides is 1. The average Bonchev–Trinajstić information content (AvgIpc) is 2.72. The van der Waals surface area contributed by atoms with Crippen LogP contribution in [-0.4, -0.2) is 21.1 Å². The van der Waals surface area contributed by atoms with Crippen molar-refractivity contribution in [1.82, 2.24) is 4.72 Å². The summed E-state index contributed by atoms with van der Waals surface area (Å²) in [5.41, 5.74) is 5.35. The quantitative estimate of drug-likeness (QED) is 0.787. The molecule has 0 spiro atoms. The Hall–Kier alpha value is -0.640. The molecule has 3 N–H and O–H groups in total. The van der Waals surface area contributed by atoms with Gasteiger partial charge in [0.25, 0.3) is 0 Å². The number of thiophene rings is 1. The van der Waals surface area contributed by atoms with Gasteiger partial charge in [0.2, 0.25) is 10.0 Å². The lowest BCUT2D eigenvalue weighted by molar-refractivity contribution is -0.135. The van der Waals surface area contributed by atoms with E-state index in [1.54, 1.807) is 0 Å². The molecule has 0 radical (unpaired) electrons. The predicted octanol–water partition coefficient (Wildman–Crippen LogP) is 1.83. The van der Waals surface area contributed by atoms with Crippen LogP contribution < -0.4 is 10.5 Å². The van der Waals surface area contributed by atoms with E-state index in [0.29, 0.717) is 4.88 Å². The molecule has 1 heterocycles. The second-order valence-electron chi connectivity index (χ2n) is 3.57. The molecule has 1 aromatic rings. The predicted molar refractivity (Wildman–Crippen MR) is 62.7 cm³/mol. The zero-order chi connectivity index (χ0) is 13.8. The Kier molecular flexibility index (Phi) is 5.14. The number of halogens is 3. The highest BCUT2D eigenvalue weighted by Crippen LogP contribution is 2.21. The van der Waals surface area contributed by atoms with E-state index < -0.39 is 22.6 Å². The van der Waals surface area contributed by atoms with Crippen molar-refractivity contribution in [2.75, 3.05) is 6.54 Å². The van der Waals surface area contributed by atoms with Crippen LogP contribution in [0.3, 0.4) is 0 Å². The molecular formula is C9H13F3N2O2S2. The van der Waals surface area contributed by atoms with Crippen molar-refractivity contribution in [3.63, 3.8) is 0 Å². The summed E-state index contributed by atoms with van der Waals surface area (Å²) in [7, 11) is -3.73. The summed E-state index contributed by atoms with van der Waals surface area (Å²) in [5, 5.41) is 1.41. The summed E-state index contributed by atoms with van der Waals surface area (Å²) >= 11 is 1.20. The van der Waals surface area contributed by atoms with Crippen LogP contribution in [-0.2, 0) is 16.6 Å². The fraction of sp³-hybridized carbons (Fsp3) is 0.556. The van der Waals surface area contributed by atoms with E-state index >= 15 is 0 Å². The molecule has 4 nitrogen and oxygen atoms in total. The van der Waals surface area contributed by atoms with Gasteiger partial charge in [-0.1, -0.05) is 0 Å². The van der Waals surface area contributed by atoms with E-state index in [-0.39, 0.29) is 24.4 Å². The monoisotopic (exact) mass is 302 g/mol. The van der Waals surface area contributed by atoms with Gasteiger partial charge in [0.05, 0.1) is 4.90 Å². The highest BCUT2D eigenvalue weighted by molar-refractivity contribution is 7.89. The van der Waals surface area contributed by atoms with Gasteiger partial charge in [0, 0.05) is 29.8 Å². The molecule has 104 valence electrons. The summed E-state index contributed by atoms with van der Waals surface area (Å²) in [6, 6.07) is 1.41. The minimum atomic E-state index is -4.26. The van der Waals surface area contributed by atoms with Gasteiger partial charge >= 0.3 is 6.18 Å². The van der Waals surface area contributed by atoms with Gasteiger partial charge in [-0.3, -0.25) is 0 Å². The lowest BCUT2D eigenvalue weighted by Crippen LogP contribution is -2.25. The van der Waals surface area contributed by atoms with Crippen LogP contribution in [0, 0.1) is 0 Å². The second-order valence-corrected chi connectivity index (χ2v) is 6.33. The lowest BCUT2D eigenvalue weighted by atomic mass is 10.3. The second kappa shape index (κ2) is 6.00. The van der Waals surface area contributed by atoms with Crippen LogP contribution in [0.15, 0.2) is 16.3 Å². The Bertz CT molecular complexity index is 482. The third-order valence-electron chi connectivity index (χ3n) is 2.07. The maximum atomic E-state index is 11.9. The molecular weight excluding hydrogens is 289 g/mol. The van der Waals surface area contributed by atoms with E-state index in [9.17, 15) is 21.6 Å². The highest BCUT2D eigenvalue weighted by atomic mass is 32.2. The first-order valence-corrected chi connectivity index (χ1v) is 7.45. The summed E-state index contributed by atoms with van der Waals surface area (Å²) in [6.45, 7) is -0.0100. The first kappa shape index (κ1) is 15.4. The highest BCUT2D eigenvalue weighted by Gasteiger charge is 2.26. The Labute approximate surface area is 107 Å². The number of alkyl halides is 3. The minimum absolute atomic E-state index is 0.0416. The molecule has 0 unspecified atom stereocenters. The van der Waals surface area contributed by atoms with Gasteiger partial charge < -0.3 is 5.73 Å². The van der Waals surface area contributed by atoms with Crippen LogP contribution >= 0.6 is 11.3 Å². The lowest BCUT2D eigenvalue weighted by Gasteiger charge is -2.07. The van der Waals surface area contributed by atoms with Crippen molar-refractivity contribution in [2.45, 2.75) is 30.5 Å². The normalized spacial score (nSPS) is 12.9. The molecule has 0 fully saturated rings. The van der Waals surface area contributed by atoms with Crippen molar-refractivity contribution in [2.24, 2.45) is 5.73 Å². The summed E-state index contributed by atoms with van der Waals surface area (Å²) in [4.78, 5) is 0.741. The summed E-state index contributed by atoms with van der Waals surface area (Å²) in [6.07, 6.45) is -5.55. The van der Waals surface area contributed by atoms with Gasteiger partial charge in [-0.05, 0) is 12.5 Å². The van der Waals surface area contributed by atoms with E-state index in [0.717, 1.165) is 0 Å². The van der Waals surface area contributed by atoms with Gasteiger partial charge in [-0.25, -0.2) is 13.1 Å². The van der Waals surface area contributed by atoms with Crippen LogP contribution in [0.2, 0.25) is 0 Å². The number of hydrogen-bond donors (Lipinski definition) is 2. The fourth-order valence-corrected chi connectivity index (χ4v) is 3.42. The molecule has 18 heavy (non-hydrogen) atoms. The molecule has 0 amide bonds. The molecule has 0 aliphatic rings. The third-order valence-corrected chi connectivity index (χ3v) is 4.62. The number of hydrogen-bond acceptors (Lipinski definition) is 4. The van der Waals surface area contributed by atoms with Gasteiger partial charge in [-0.15, -0.1) is 11.3 Å². The first-order valence-electron chi connectivity index (χ1n) is 5.08. The maximum Gasteiger partial charge on any atom is 0.389 e. The Morgan fingerprint density at radius 2 is 2.06 bits per heavy atom. The van der Waals surface area contributed by atoms with E-state index in [2.05, 4.69) is 4.72 Å². The smallest absolute Gasteiger partial charge is 0.326 e. The fourth-order valence-electron chi connectivity index (χ4n) is 1.19. The maximum absolute atomic E-state index is 11.9. The summed E-state index contributed by atoms with van der Waals surface area (Å²) < 4.78 is 61.0. The number of nitrogens with one attached hydrogen (secondary N) is 1. The first-order chi connectivity index (χ1) is 8.24. The zero-order valence-corrected chi connectivity index (χ0v) is 11.0. The van der Waals surface area contributed by atoms with Crippen LogP contribution in [0.4, 0.5) is 13.2 Å². The molecule has 0 aliphatic heterocycles. The molecule has 0 atom stereocenters. The van der Waals surface area contributed by atoms with E-state index in [1.807, 2.05) is 0 Å². The van der Waals surface area contributed by atoms with Crippen molar-refractivity contribution >= 4 is 21.4 Å². The largest absolute Gasteiger partial charge is 0.389 e. The molecule has 0 aromatic carbocycles. The number of nitrogens with two attached hydrogens (primary N) is 1. The van der Waals surface area contributed by atoms with E-state index in [1.165, 1.54) is 22.8 Å². The third kappa shape index (κ3) is 4.92. The molecule has 0 bridgehead atoms. The molecule has 0 aliphatic carbocycles. The van der Waals surface area contributed by atoms with Crippen molar-refractivity contribution in [3.8, 4) is 0 Å². The van der Waals surface area contributed by atoms with Gasteiger partial charge in [-0.2, -0.15) is 13.2 Å². The molecule has 9 heteroatoms. The minimum Gasteiger partial charge on any atom is -0.326 e. The van der Waals surface area contributed by atoms with Crippen LogP contribution in [0.25, 0.3) is 0 Å². The van der Waals surface area contributed by atoms with Crippen LogP contribution in [0.1, 0.15) is 17.7 Å². The average molecular weight is 302 g/mol. The van der Waals surface area contributed by atoms with Gasteiger partial charge in [0.1, 0.15) is 0 Å². The molecule has 0 saturated heterocycles. The van der Waals surface area contributed by atoms with Crippen molar-refractivity contribution < 1.29 is 21.6 Å².